The number of likely N-dealkylation sites (N-methyl/N-ethyl adjacent to an activating group) is 1. The van der Waals surface area contributed by atoms with Crippen LogP contribution in [-0.4, -0.2) is 92.5 Å². The Kier molecular flexibility index (Phi) is 36.5. The van der Waals surface area contributed by atoms with Gasteiger partial charge in [0.15, 0.2) is 6.10 Å². The van der Waals surface area contributed by atoms with E-state index < -0.39 is 44.7 Å². The predicted molar refractivity (Wildman–Crippen MR) is 234 cm³/mol. The lowest BCUT2D eigenvalue weighted by atomic mass is 10.0. The van der Waals surface area contributed by atoms with Crippen LogP contribution < -0.4 is 4.89 Å². The molecule has 0 aromatic carbocycles. The summed E-state index contributed by atoms with van der Waals surface area (Å²) < 4.78 is 33.7. The fourth-order valence-corrected chi connectivity index (χ4v) is 6.54. The average Bonchev–Trinajstić information content (AvgIpc) is 3.17. The van der Waals surface area contributed by atoms with Gasteiger partial charge in [0.2, 0.25) is 0 Å². The number of unbranched alkanes of at least 4 members (excludes halogenated alkanes) is 14. The Morgan fingerprint density at radius 1 is 0.621 bits per heavy atom. The summed E-state index contributed by atoms with van der Waals surface area (Å²) in [6.45, 7) is 3.91. The van der Waals surface area contributed by atoms with Crippen LogP contribution in [0, 0.1) is 0 Å². The molecule has 0 rings (SSSR count). The number of carbonyl (C=O) groups is 2. The molecule has 0 saturated carbocycles. The number of carbonyl (C=O) groups excluding carboxylic acids is 2. The van der Waals surface area contributed by atoms with Crippen molar-refractivity contribution in [1.29, 1.82) is 0 Å². The van der Waals surface area contributed by atoms with E-state index in [0.717, 1.165) is 57.8 Å². The van der Waals surface area contributed by atoms with Gasteiger partial charge in [-0.2, -0.15) is 0 Å². The lowest BCUT2D eigenvalue weighted by molar-refractivity contribution is -0.870. The molecule has 58 heavy (non-hydrogen) atoms. The SMILES string of the molecule is CCCCC/C=C\C[C@H](O)[C@@H](O)CCCCCCCC(=O)O[C@H](COC(=O)CCC/C=C\C/C=C\C/C=C\CCCCCCCC)COP(=O)([O-])OCC[N+](C)(C)C. The van der Waals surface area contributed by atoms with Crippen LogP contribution in [0.15, 0.2) is 48.6 Å². The van der Waals surface area contributed by atoms with Crippen LogP contribution >= 0.6 is 7.82 Å². The van der Waals surface area contributed by atoms with Crippen LogP contribution in [0.1, 0.15) is 168 Å². The van der Waals surface area contributed by atoms with E-state index >= 15 is 0 Å². The Morgan fingerprint density at radius 3 is 1.79 bits per heavy atom. The van der Waals surface area contributed by atoms with E-state index in [-0.39, 0.29) is 26.1 Å². The quantitative estimate of drug-likeness (QED) is 0.0201. The van der Waals surface area contributed by atoms with Gasteiger partial charge in [-0.3, -0.25) is 14.2 Å². The number of esters is 2. The summed E-state index contributed by atoms with van der Waals surface area (Å²) in [7, 11) is 1.04. The molecule has 0 heterocycles. The molecule has 12 heteroatoms. The number of quaternary nitrogens is 1. The Hall–Kier alpha value is -2.11. The minimum Gasteiger partial charge on any atom is -0.756 e. The zero-order valence-electron chi connectivity index (χ0n) is 37.2. The molecule has 0 bridgehead atoms. The summed E-state index contributed by atoms with van der Waals surface area (Å²) in [5.41, 5.74) is 0. The van der Waals surface area contributed by atoms with Gasteiger partial charge in [-0.15, -0.1) is 0 Å². The van der Waals surface area contributed by atoms with E-state index in [0.29, 0.717) is 43.1 Å². The van der Waals surface area contributed by atoms with E-state index in [4.69, 9.17) is 18.5 Å². The number of ether oxygens (including phenoxy) is 2. The summed E-state index contributed by atoms with van der Waals surface area (Å²) in [4.78, 5) is 37.5. The van der Waals surface area contributed by atoms with Crippen LogP contribution in [0.3, 0.4) is 0 Å². The molecule has 0 aromatic heterocycles. The third-order valence-corrected chi connectivity index (χ3v) is 10.5. The van der Waals surface area contributed by atoms with Gasteiger partial charge >= 0.3 is 11.9 Å². The summed E-state index contributed by atoms with van der Waals surface area (Å²) in [6, 6.07) is 0. The molecule has 0 aliphatic carbocycles. The van der Waals surface area contributed by atoms with Crippen LogP contribution in [0.5, 0.6) is 0 Å². The average molecular weight is 842 g/mol. The van der Waals surface area contributed by atoms with Gasteiger partial charge in [-0.05, 0) is 70.6 Å². The maximum atomic E-state index is 12.7. The molecule has 0 aliphatic rings. The number of rotatable bonds is 40. The van der Waals surface area contributed by atoms with Crippen molar-refractivity contribution in [2.45, 2.75) is 186 Å². The van der Waals surface area contributed by atoms with E-state index in [1.807, 2.05) is 33.3 Å². The molecule has 2 N–H and O–H groups in total. The van der Waals surface area contributed by atoms with E-state index in [2.05, 4.69) is 50.3 Å². The largest absolute Gasteiger partial charge is 0.756 e. The minimum atomic E-state index is -4.68. The maximum absolute atomic E-state index is 12.7. The highest BCUT2D eigenvalue weighted by molar-refractivity contribution is 7.45. The van der Waals surface area contributed by atoms with Crippen LogP contribution in [0.25, 0.3) is 0 Å². The summed E-state index contributed by atoms with van der Waals surface area (Å²) in [6.07, 6.45) is 36.0. The van der Waals surface area contributed by atoms with Crippen LogP contribution in [0.2, 0.25) is 0 Å². The number of allylic oxidation sites excluding steroid dienone is 7. The minimum absolute atomic E-state index is 0.0682. The van der Waals surface area contributed by atoms with Crippen LogP contribution in [-0.2, 0) is 32.7 Å². The molecule has 1 unspecified atom stereocenters. The first kappa shape index (κ1) is 55.9. The maximum Gasteiger partial charge on any atom is 0.306 e. The molecule has 0 saturated heterocycles. The first-order valence-electron chi connectivity index (χ1n) is 22.5. The second-order valence-electron chi connectivity index (χ2n) is 16.4. The van der Waals surface area contributed by atoms with Crippen molar-refractivity contribution >= 4 is 19.8 Å². The first-order chi connectivity index (χ1) is 27.8. The number of hydrogen-bond acceptors (Lipinski definition) is 10. The van der Waals surface area contributed by atoms with Crippen LogP contribution in [0.4, 0.5) is 0 Å². The monoisotopic (exact) mass is 842 g/mol. The summed E-state index contributed by atoms with van der Waals surface area (Å²) >= 11 is 0. The lowest BCUT2D eigenvalue weighted by Gasteiger charge is -2.28. The van der Waals surface area contributed by atoms with E-state index in [1.54, 1.807) is 0 Å². The fourth-order valence-electron chi connectivity index (χ4n) is 5.81. The second-order valence-corrected chi connectivity index (χ2v) is 17.8. The lowest BCUT2D eigenvalue weighted by Crippen LogP contribution is -2.37. The molecule has 4 atom stereocenters. The zero-order chi connectivity index (χ0) is 43.2. The second kappa shape index (κ2) is 37.9. The number of nitrogens with zero attached hydrogens (tertiary/aromatic N) is 1. The molecule has 0 aliphatic heterocycles. The Labute approximate surface area is 353 Å². The Bertz CT molecular complexity index is 1170. The Morgan fingerprint density at radius 2 is 1.14 bits per heavy atom. The van der Waals surface area contributed by atoms with E-state index in [9.17, 15) is 29.3 Å². The molecule has 0 fully saturated rings. The van der Waals surface area contributed by atoms with Crippen molar-refractivity contribution in [1.82, 2.24) is 0 Å². The van der Waals surface area contributed by atoms with Crippen molar-refractivity contribution < 1.29 is 52.3 Å². The van der Waals surface area contributed by atoms with Gasteiger partial charge in [0.1, 0.15) is 19.8 Å². The zero-order valence-corrected chi connectivity index (χ0v) is 38.1. The number of phosphoric ester groups is 1. The van der Waals surface area contributed by atoms with Crippen molar-refractivity contribution in [2.75, 3.05) is 47.5 Å². The highest BCUT2D eigenvalue weighted by Crippen LogP contribution is 2.38. The number of hydrogen-bond donors (Lipinski definition) is 2. The number of aliphatic hydroxyl groups excluding tert-OH is 2. The van der Waals surface area contributed by atoms with Gasteiger partial charge in [0.25, 0.3) is 7.82 Å². The molecule has 0 amide bonds. The highest BCUT2D eigenvalue weighted by Gasteiger charge is 2.22. The number of phosphoric acid groups is 1. The smallest absolute Gasteiger partial charge is 0.306 e. The molecule has 0 radical (unpaired) electrons. The van der Waals surface area contributed by atoms with Crippen molar-refractivity contribution in [3.8, 4) is 0 Å². The van der Waals surface area contributed by atoms with E-state index in [1.165, 1.54) is 51.4 Å². The third kappa shape index (κ3) is 39.4. The molecule has 0 aromatic rings. The Balaban J connectivity index is 4.56. The van der Waals surface area contributed by atoms with Crippen molar-refractivity contribution in [3.05, 3.63) is 48.6 Å². The molecular formula is C46H84NO10P. The predicted octanol–water partition coefficient (Wildman–Crippen LogP) is 10.00. The summed E-state index contributed by atoms with van der Waals surface area (Å²) in [5, 5.41) is 20.5. The molecular weight excluding hydrogens is 757 g/mol. The fraction of sp³-hybridized carbons (Fsp3) is 0.783. The van der Waals surface area contributed by atoms with Gasteiger partial charge in [0, 0.05) is 12.8 Å². The highest BCUT2D eigenvalue weighted by atomic mass is 31.2. The standard InChI is InChI=1S/C46H84NO10P/c1-6-8-10-12-14-15-16-17-18-19-20-21-22-23-24-28-32-36-45(50)54-40-42(41-56-58(52,53)55-39-38-47(3,4)5)57-46(51)37-33-29-25-27-31-35-44(49)43(48)34-30-26-13-11-9-7-2/h17-18,20-21,23-24,26,30,42-44,48-49H,6-16,19,22,25,27-29,31-41H2,1-5H3/b18-17-,21-20-,24-23-,30-26-/t42-,43+,44+/m1/s1. The first-order valence-corrected chi connectivity index (χ1v) is 24.0. The molecule has 11 nitrogen and oxygen atoms in total. The molecule has 0 spiro atoms. The molecule has 338 valence electrons. The van der Waals surface area contributed by atoms with Gasteiger partial charge in [-0.25, -0.2) is 0 Å². The van der Waals surface area contributed by atoms with Gasteiger partial charge in [-0.1, -0.05) is 133 Å². The van der Waals surface area contributed by atoms with Crippen molar-refractivity contribution in [2.24, 2.45) is 0 Å². The topological polar surface area (TPSA) is 152 Å². The normalized spacial score (nSPS) is 15.1. The number of aliphatic hydroxyl groups is 2. The summed E-state index contributed by atoms with van der Waals surface area (Å²) in [5.74, 6) is -1.01. The van der Waals surface area contributed by atoms with Crippen molar-refractivity contribution in [3.63, 3.8) is 0 Å². The van der Waals surface area contributed by atoms with Gasteiger partial charge < -0.3 is 38.1 Å². The third-order valence-electron chi connectivity index (χ3n) is 9.52. The van der Waals surface area contributed by atoms with Gasteiger partial charge in [0.05, 0.1) is 40.0 Å².